The SMILES string of the molecule is CC[C@@H](C)NC(=O)[C@H](Cc1ccccc1)N(Cc1ccc(C)cc1)C(=O)Cc1ccc(C)cc1. The Balaban J connectivity index is 1.95. The van der Waals surface area contributed by atoms with Crippen molar-refractivity contribution in [1.82, 2.24) is 10.2 Å². The zero-order chi connectivity index (χ0) is 24.5. The van der Waals surface area contributed by atoms with Crippen LogP contribution >= 0.6 is 0 Å². The normalized spacial score (nSPS) is 12.6. The Morgan fingerprint density at radius 2 is 1.35 bits per heavy atom. The largest absolute Gasteiger partial charge is 0.352 e. The van der Waals surface area contributed by atoms with Crippen LogP contribution in [0.2, 0.25) is 0 Å². The van der Waals surface area contributed by atoms with Crippen molar-refractivity contribution in [1.29, 1.82) is 0 Å². The number of hydrogen-bond donors (Lipinski definition) is 1. The highest BCUT2D eigenvalue weighted by atomic mass is 16.2. The molecule has 3 rings (SSSR count). The number of benzene rings is 3. The van der Waals surface area contributed by atoms with Gasteiger partial charge < -0.3 is 10.2 Å². The molecule has 2 atom stereocenters. The van der Waals surface area contributed by atoms with E-state index in [0.29, 0.717) is 13.0 Å². The zero-order valence-electron chi connectivity index (χ0n) is 20.8. The van der Waals surface area contributed by atoms with Crippen molar-refractivity contribution in [3.05, 3.63) is 107 Å². The van der Waals surface area contributed by atoms with E-state index in [1.807, 2.05) is 107 Å². The molecule has 1 N–H and O–H groups in total. The van der Waals surface area contributed by atoms with Crippen molar-refractivity contribution in [3.63, 3.8) is 0 Å². The molecule has 0 radical (unpaired) electrons. The molecule has 34 heavy (non-hydrogen) atoms. The van der Waals surface area contributed by atoms with Crippen molar-refractivity contribution in [2.24, 2.45) is 0 Å². The Labute approximate surface area is 204 Å². The van der Waals surface area contributed by atoms with Gasteiger partial charge in [0.2, 0.25) is 11.8 Å². The van der Waals surface area contributed by atoms with Gasteiger partial charge in [0, 0.05) is 19.0 Å². The molecule has 0 aliphatic heterocycles. The molecule has 0 aromatic heterocycles. The van der Waals surface area contributed by atoms with Crippen LogP contribution < -0.4 is 5.32 Å². The summed E-state index contributed by atoms with van der Waals surface area (Å²) in [5.74, 6) is -0.160. The van der Waals surface area contributed by atoms with E-state index in [0.717, 1.165) is 34.2 Å². The number of nitrogens with one attached hydrogen (secondary N) is 1. The Bertz CT molecular complexity index is 1060. The van der Waals surface area contributed by atoms with Crippen LogP contribution in [0.1, 0.15) is 48.1 Å². The van der Waals surface area contributed by atoms with Crippen LogP contribution in [-0.2, 0) is 29.0 Å². The molecule has 0 aliphatic carbocycles. The van der Waals surface area contributed by atoms with Crippen molar-refractivity contribution in [2.75, 3.05) is 0 Å². The molecule has 3 aromatic carbocycles. The van der Waals surface area contributed by atoms with Crippen LogP contribution in [0.4, 0.5) is 0 Å². The van der Waals surface area contributed by atoms with Crippen LogP contribution in [0.5, 0.6) is 0 Å². The monoisotopic (exact) mass is 456 g/mol. The summed E-state index contributed by atoms with van der Waals surface area (Å²) < 4.78 is 0. The van der Waals surface area contributed by atoms with E-state index in [9.17, 15) is 9.59 Å². The average molecular weight is 457 g/mol. The lowest BCUT2D eigenvalue weighted by Gasteiger charge is -2.32. The molecule has 0 aliphatic rings. The van der Waals surface area contributed by atoms with E-state index < -0.39 is 6.04 Å². The quantitative estimate of drug-likeness (QED) is 0.444. The minimum atomic E-state index is -0.601. The van der Waals surface area contributed by atoms with Crippen LogP contribution in [0.3, 0.4) is 0 Å². The van der Waals surface area contributed by atoms with Gasteiger partial charge in [-0.3, -0.25) is 9.59 Å². The third-order valence-electron chi connectivity index (χ3n) is 6.22. The van der Waals surface area contributed by atoms with Crippen LogP contribution in [0, 0.1) is 13.8 Å². The fourth-order valence-corrected chi connectivity index (χ4v) is 3.87. The van der Waals surface area contributed by atoms with Crippen LogP contribution in [0.25, 0.3) is 0 Å². The molecule has 0 spiro atoms. The maximum Gasteiger partial charge on any atom is 0.243 e. The van der Waals surface area contributed by atoms with Gasteiger partial charge in [0.25, 0.3) is 0 Å². The van der Waals surface area contributed by atoms with E-state index in [4.69, 9.17) is 0 Å². The molecule has 0 heterocycles. The summed E-state index contributed by atoms with van der Waals surface area (Å²) in [4.78, 5) is 29.0. The molecule has 4 nitrogen and oxygen atoms in total. The van der Waals surface area contributed by atoms with Gasteiger partial charge in [-0.05, 0) is 43.9 Å². The number of carbonyl (C=O) groups excluding carboxylic acids is 2. The fourth-order valence-electron chi connectivity index (χ4n) is 3.87. The second-order valence-electron chi connectivity index (χ2n) is 9.19. The van der Waals surface area contributed by atoms with Crippen LogP contribution in [0.15, 0.2) is 78.9 Å². The lowest BCUT2D eigenvalue weighted by molar-refractivity contribution is -0.141. The smallest absolute Gasteiger partial charge is 0.243 e. The van der Waals surface area contributed by atoms with E-state index in [-0.39, 0.29) is 24.3 Å². The number of rotatable bonds is 10. The number of aryl methyl sites for hydroxylation is 2. The summed E-state index contributed by atoms with van der Waals surface area (Å²) in [5.41, 5.74) is 5.31. The first-order valence-corrected chi connectivity index (χ1v) is 12.1. The van der Waals surface area contributed by atoms with Crippen molar-refractivity contribution < 1.29 is 9.59 Å². The molecule has 4 heteroatoms. The van der Waals surface area contributed by atoms with E-state index >= 15 is 0 Å². The summed E-state index contributed by atoms with van der Waals surface area (Å²) in [7, 11) is 0. The van der Waals surface area contributed by atoms with Gasteiger partial charge in [-0.2, -0.15) is 0 Å². The fraction of sp³-hybridized carbons (Fsp3) is 0.333. The van der Waals surface area contributed by atoms with Crippen molar-refractivity contribution in [3.8, 4) is 0 Å². The summed E-state index contributed by atoms with van der Waals surface area (Å²) in [6.07, 6.45) is 1.56. The van der Waals surface area contributed by atoms with Crippen molar-refractivity contribution in [2.45, 2.75) is 65.6 Å². The van der Waals surface area contributed by atoms with Gasteiger partial charge >= 0.3 is 0 Å². The molecule has 178 valence electrons. The van der Waals surface area contributed by atoms with E-state index in [1.165, 1.54) is 0 Å². The maximum atomic E-state index is 13.7. The average Bonchev–Trinajstić information content (AvgIpc) is 2.84. The Kier molecular flexibility index (Phi) is 9.03. The van der Waals surface area contributed by atoms with Gasteiger partial charge in [-0.25, -0.2) is 0 Å². The van der Waals surface area contributed by atoms with E-state index in [1.54, 1.807) is 4.90 Å². The van der Waals surface area contributed by atoms with E-state index in [2.05, 4.69) is 5.32 Å². The summed E-state index contributed by atoms with van der Waals surface area (Å²) >= 11 is 0. The Hall–Kier alpha value is -3.40. The number of hydrogen-bond acceptors (Lipinski definition) is 2. The number of carbonyl (C=O) groups is 2. The van der Waals surface area contributed by atoms with Gasteiger partial charge in [0.05, 0.1) is 6.42 Å². The maximum absolute atomic E-state index is 13.7. The summed E-state index contributed by atoms with van der Waals surface area (Å²) in [6.45, 7) is 8.50. The molecule has 3 aromatic rings. The summed E-state index contributed by atoms with van der Waals surface area (Å²) in [5, 5.41) is 3.12. The standard InChI is InChI=1S/C30H36N2O2/c1-5-24(4)31-30(34)28(19-25-9-7-6-8-10-25)32(21-27-17-13-23(3)14-18-27)29(33)20-26-15-11-22(2)12-16-26/h6-18,24,28H,5,19-21H2,1-4H3,(H,31,34)/t24-,28+/m1/s1. The van der Waals surface area contributed by atoms with Crippen LogP contribution in [-0.4, -0.2) is 28.8 Å². The molecule has 0 saturated heterocycles. The molecule has 2 amide bonds. The molecular formula is C30H36N2O2. The zero-order valence-corrected chi connectivity index (χ0v) is 20.8. The highest BCUT2D eigenvalue weighted by Gasteiger charge is 2.31. The van der Waals surface area contributed by atoms with Gasteiger partial charge in [0.1, 0.15) is 6.04 Å². The first-order valence-electron chi connectivity index (χ1n) is 12.1. The highest BCUT2D eigenvalue weighted by molar-refractivity contribution is 5.89. The highest BCUT2D eigenvalue weighted by Crippen LogP contribution is 2.17. The number of amides is 2. The molecule has 0 fully saturated rings. The first kappa shape index (κ1) is 25.2. The minimum absolute atomic E-state index is 0.0409. The second kappa shape index (κ2) is 12.2. The summed E-state index contributed by atoms with van der Waals surface area (Å²) in [6, 6.07) is 25.5. The van der Waals surface area contributed by atoms with Gasteiger partial charge in [-0.15, -0.1) is 0 Å². The third-order valence-corrected chi connectivity index (χ3v) is 6.22. The molecule has 0 bridgehead atoms. The lowest BCUT2D eigenvalue weighted by atomic mass is 10.0. The Morgan fingerprint density at radius 1 is 0.794 bits per heavy atom. The van der Waals surface area contributed by atoms with Crippen molar-refractivity contribution >= 4 is 11.8 Å². The predicted octanol–water partition coefficient (Wildman–Crippen LogP) is 5.40. The minimum Gasteiger partial charge on any atom is -0.352 e. The van der Waals surface area contributed by atoms with Gasteiger partial charge in [0.15, 0.2) is 0 Å². The Morgan fingerprint density at radius 3 is 1.91 bits per heavy atom. The van der Waals surface area contributed by atoms with Gasteiger partial charge in [-0.1, -0.05) is 96.9 Å². The number of nitrogens with zero attached hydrogens (tertiary/aromatic N) is 1. The lowest BCUT2D eigenvalue weighted by Crippen LogP contribution is -2.52. The first-order chi connectivity index (χ1) is 16.4. The third kappa shape index (κ3) is 7.31. The molecule has 0 saturated carbocycles. The molecular weight excluding hydrogens is 420 g/mol. The topological polar surface area (TPSA) is 49.4 Å². The predicted molar refractivity (Wildman–Crippen MR) is 138 cm³/mol. The second-order valence-corrected chi connectivity index (χ2v) is 9.19. The molecule has 0 unspecified atom stereocenters.